The van der Waals surface area contributed by atoms with Gasteiger partial charge in [-0.25, -0.2) is 0 Å². The number of ether oxygens (including phenoxy) is 3. The summed E-state index contributed by atoms with van der Waals surface area (Å²) >= 11 is 0. The van der Waals surface area contributed by atoms with Gasteiger partial charge in [-0.1, -0.05) is 25.7 Å². The van der Waals surface area contributed by atoms with Crippen molar-refractivity contribution < 1.29 is 19.0 Å². The summed E-state index contributed by atoms with van der Waals surface area (Å²) in [5, 5.41) is 0. The molecule has 0 radical (unpaired) electrons. The van der Waals surface area contributed by atoms with E-state index in [1.165, 1.54) is 12.8 Å². The van der Waals surface area contributed by atoms with Crippen LogP contribution in [0.5, 0.6) is 0 Å². The molecule has 1 saturated carbocycles. The van der Waals surface area contributed by atoms with Gasteiger partial charge in [0.2, 0.25) is 0 Å². The van der Waals surface area contributed by atoms with Crippen molar-refractivity contribution in [2.75, 3.05) is 20.3 Å². The van der Waals surface area contributed by atoms with Gasteiger partial charge >= 0.3 is 5.97 Å². The van der Waals surface area contributed by atoms with Crippen molar-refractivity contribution in [2.24, 2.45) is 5.92 Å². The largest absolute Gasteiger partial charge is 0.463 e. The van der Waals surface area contributed by atoms with Crippen LogP contribution in [-0.4, -0.2) is 32.6 Å². The van der Waals surface area contributed by atoms with Crippen LogP contribution in [0.4, 0.5) is 0 Å². The molecule has 1 rings (SSSR count). The standard InChI is InChI=1S/C13H24O4/c1-11(15-2)16-9-10-17-13(14)12-7-5-3-4-6-8-12/h11-12H,3-10H2,1-2H3. The van der Waals surface area contributed by atoms with Crippen LogP contribution in [0.15, 0.2) is 0 Å². The molecule has 0 saturated heterocycles. The summed E-state index contributed by atoms with van der Waals surface area (Å²) in [5.74, 6) is 0.0536. The van der Waals surface area contributed by atoms with E-state index in [0.717, 1.165) is 25.7 Å². The van der Waals surface area contributed by atoms with E-state index < -0.39 is 0 Å². The Morgan fingerprint density at radius 3 is 2.41 bits per heavy atom. The van der Waals surface area contributed by atoms with Gasteiger partial charge in [0.25, 0.3) is 0 Å². The first-order valence-corrected chi connectivity index (χ1v) is 6.55. The van der Waals surface area contributed by atoms with Crippen molar-refractivity contribution >= 4 is 5.97 Å². The molecule has 4 heteroatoms. The Morgan fingerprint density at radius 2 is 1.82 bits per heavy atom. The van der Waals surface area contributed by atoms with E-state index in [1.54, 1.807) is 7.11 Å². The van der Waals surface area contributed by atoms with Gasteiger partial charge < -0.3 is 14.2 Å². The van der Waals surface area contributed by atoms with Crippen molar-refractivity contribution in [3.05, 3.63) is 0 Å². The molecule has 1 unspecified atom stereocenters. The minimum absolute atomic E-state index is 0.0550. The smallest absolute Gasteiger partial charge is 0.309 e. The predicted molar refractivity (Wildman–Crippen MR) is 64.6 cm³/mol. The summed E-state index contributed by atoms with van der Waals surface area (Å²) in [5.41, 5.74) is 0. The fourth-order valence-corrected chi connectivity index (χ4v) is 2.06. The van der Waals surface area contributed by atoms with Crippen LogP contribution in [0, 0.1) is 5.92 Å². The maximum Gasteiger partial charge on any atom is 0.309 e. The number of hydrogen-bond donors (Lipinski definition) is 0. The van der Waals surface area contributed by atoms with Crippen LogP contribution in [0.25, 0.3) is 0 Å². The van der Waals surface area contributed by atoms with Crippen LogP contribution in [0.2, 0.25) is 0 Å². The molecule has 100 valence electrons. The van der Waals surface area contributed by atoms with Crippen molar-refractivity contribution in [1.82, 2.24) is 0 Å². The van der Waals surface area contributed by atoms with Gasteiger partial charge in [-0.15, -0.1) is 0 Å². The normalized spacial score (nSPS) is 19.6. The highest BCUT2D eigenvalue weighted by Crippen LogP contribution is 2.23. The molecule has 0 N–H and O–H groups in total. The average molecular weight is 244 g/mol. The molecule has 0 spiro atoms. The molecule has 0 aromatic carbocycles. The topological polar surface area (TPSA) is 44.8 Å². The molecule has 0 bridgehead atoms. The van der Waals surface area contributed by atoms with E-state index in [4.69, 9.17) is 14.2 Å². The van der Waals surface area contributed by atoms with Crippen molar-refractivity contribution in [3.8, 4) is 0 Å². The quantitative estimate of drug-likeness (QED) is 0.312. The molecule has 0 heterocycles. The molecule has 1 fully saturated rings. The highest BCUT2D eigenvalue weighted by molar-refractivity contribution is 5.72. The third kappa shape index (κ3) is 6.03. The number of esters is 1. The summed E-state index contributed by atoms with van der Waals surface area (Å²) in [6, 6.07) is 0. The lowest BCUT2D eigenvalue weighted by Crippen LogP contribution is -2.21. The van der Waals surface area contributed by atoms with Crippen LogP contribution in [-0.2, 0) is 19.0 Å². The average Bonchev–Trinajstić information content (AvgIpc) is 2.62. The molecule has 1 aliphatic rings. The zero-order valence-electron chi connectivity index (χ0n) is 10.9. The first-order valence-electron chi connectivity index (χ1n) is 6.55. The summed E-state index contributed by atoms with van der Waals surface area (Å²) in [6.07, 6.45) is 6.51. The van der Waals surface area contributed by atoms with E-state index in [9.17, 15) is 4.79 Å². The first-order chi connectivity index (χ1) is 8.24. The highest BCUT2D eigenvalue weighted by atomic mass is 16.7. The molecule has 0 aromatic heterocycles. The number of rotatable bonds is 6. The summed E-state index contributed by atoms with van der Waals surface area (Å²) in [7, 11) is 1.59. The van der Waals surface area contributed by atoms with Crippen LogP contribution in [0.1, 0.15) is 45.4 Å². The van der Waals surface area contributed by atoms with E-state index in [1.807, 2.05) is 6.92 Å². The van der Waals surface area contributed by atoms with Gasteiger partial charge in [0.15, 0.2) is 6.29 Å². The fraction of sp³-hybridized carbons (Fsp3) is 0.923. The Kier molecular flexibility index (Phi) is 7.21. The summed E-state index contributed by atoms with van der Waals surface area (Å²) < 4.78 is 15.4. The molecule has 4 nitrogen and oxygen atoms in total. The summed E-state index contributed by atoms with van der Waals surface area (Å²) in [6.45, 7) is 2.53. The van der Waals surface area contributed by atoms with E-state index in [-0.39, 0.29) is 18.2 Å². The predicted octanol–water partition coefficient (Wildman–Crippen LogP) is 2.51. The molecule has 1 aliphatic carbocycles. The molecular weight excluding hydrogens is 220 g/mol. The van der Waals surface area contributed by atoms with Crippen molar-refractivity contribution in [2.45, 2.75) is 51.7 Å². The maximum atomic E-state index is 11.8. The van der Waals surface area contributed by atoms with Crippen LogP contribution >= 0.6 is 0 Å². The minimum atomic E-state index is -0.244. The minimum Gasteiger partial charge on any atom is -0.463 e. The van der Waals surface area contributed by atoms with Crippen LogP contribution in [0.3, 0.4) is 0 Å². The lowest BCUT2D eigenvalue weighted by Gasteiger charge is -2.14. The monoisotopic (exact) mass is 244 g/mol. The first kappa shape index (κ1) is 14.5. The molecular formula is C13H24O4. The molecule has 1 atom stereocenters. The number of methoxy groups -OCH3 is 1. The zero-order valence-corrected chi connectivity index (χ0v) is 10.9. The Hall–Kier alpha value is -0.610. The Morgan fingerprint density at radius 1 is 1.18 bits per heavy atom. The maximum absolute atomic E-state index is 11.8. The lowest BCUT2D eigenvalue weighted by atomic mass is 10.0. The molecule has 0 aromatic rings. The zero-order chi connectivity index (χ0) is 12.5. The van der Waals surface area contributed by atoms with Gasteiger partial charge in [0.1, 0.15) is 6.61 Å². The number of carbonyl (C=O) groups excluding carboxylic acids is 1. The van der Waals surface area contributed by atoms with Crippen LogP contribution < -0.4 is 0 Å². The second-order valence-electron chi connectivity index (χ2n) is 4.53. The third-order valence-electron chi connectivity index (χ3n) is 3.20. The molecule has 17 heavy (non-hydrogen) atoms. The SMILES string of the molecule is COC(C)OCCOC(=O)C1CCCCCC1. The molecule has 0 amide bonds. The van der Waals surface area contributed by atoms with Gasteiger partial charge in [-0.3, -0.25) is 4.79 Å². The van der Waals surface area contributed by atoms with Gasteiger partial charge in [0.05, 0.1) is 12.5 Å². The Bertz CT molecular complexity index is 209. The summed E-state index contributed by atoms with van der Waals surface area (Å²) in [4.78, 5) is 11.8. The number of carbonyl (C=O) groups is 1. The van der Waals surface area contributed by atoms with Crippen molar-refractivity contribution in [3.63, 3.8) is 0 Å². The van der Waals surface area contributed by atoms with Gasteiger partial charge in [0, 0.05) is 7.11 Å². The van der Waals surface area contributed by atoms with Gasteiger partial charge in [-0.05, 0) is 19.8 Å². The second kappa shape index (κ2) is 8.48. The van der Waals surface area contributed by atoms with Crippen molar-refractivity contribution in [1.29, 1.82) is 0 Å². The van der Waals surface area contributed by atoms with E-state index in [0.29, 0.717) is 13.2 Å². The fourth-order valence-electron chi connectivity index (χ4n) is 2.06. The van der Waals surface area contributed by atoms with Gasteiger partial charge in [-0.2, -0.15) is 0 Å². The number of hydrogen-bond acceptors (Lipinski definition) is 4. The van der Waals surface area contributed by atoms with E-state index >= 15 is 0 Å². The second-order valence-corrected chi connectivity index (χ2v) is 4.53. The highest BCUT2D eigenvalue weighted by Gasteiger charge is 2.21. The molecule has 0 aliphatic heterocycles. The third-order valence-corrected chi connectivity index (χ3v) is 3.20. The van der Waals surface area contributed by atoms with E-state index in [2.05, 4.69) is 0 Å². The Labute approximate surface area is 104 Å². The Balaban J connectivity index is 2.11. The lowest BCUT2D eigenvalue weighted by molar-refractivity contribution is -0.157.